The van der Waals surface area contributed by atoms with E-state index in [0.29, 0.717) is 17.3 Å². The third-order valence-corrected chi connectivity index (χ3v) is 2.91. The Morgan fingerprint density at radius 2 is 2.05 bits per heavy atom. The molecule has 0 spiro atoms. The van der Waals surface area contributed by atoms with Crippen molar-refractivity contribution in [3.8, 4) is 17.2 Å². The molecule has 3 rings (SSSR count). The molecule has 3 aromatic rings. The SMILES string of the molecule is Cc1cccc(N)c1-c1nnnn1-c1ccn(C)n1. The molecule has 0 unspecified atom stereocenters. The Hall–Kier alpha value is -2.70. The maximum absolute atomic E-state index is 6.03. The predicted molar refractivity (Wildman–Crippen MR) is 70.5 cm³/mol. The van der Waals surface area contributed by atoms with Crippen molar-refractivity contribution in [2.45, 2.75) is 6.92 Å². The topological polar surface area (TPSA) is 87.4 Å². The van der Waals surface area contributed by atoms with Gasteiger partial charge in [-0.3, -0.25) is 4.68 Å². The van der Waals surface area contributed by atoms with Crippen LogP contribution in [0, 0.1) is 6.92 Å². The molecule has 0 saturated carbocycles. The molecule has 96 valence electrons. The summed E-state index contributed by atoms with van der Waals surface area (Å²) in [6.07, 6.45) is 1.84. The van der Waals surface area contributed by atoms with Gasteiger partial charge in [-0.15, -0.1) is 5.10 Å². The van der Waals surface area contributed by atoms with E-state index >= 15 is 0 Å². The summed E-state index contributed by atoms with van der Waals surface area (Å²) in [5.41, 5.74) is 8.53. The van der Waals surface area contributed by atoms with Gasteiger partial charge in [0.1, 0.15) is 0 Å². The minimum Gasteiger partial charge on any atom is -0.398 e. The first-order chi connectivity index (χ1) is 9.16. The summed E-state index contributed by atoms with van der Waals surface area (Å²) in [7, 11) is 1.84. The minimum absolute atomic E-state index is 0.592. The van der Waals surface area contributed by atoms with Crippen molar-refractivity contribution < 1.29 is 0 Å². The first-order valence-electron chi connectivity index (χ1n) is 5.80. The Bertz CT molecular complexity index is 705. The molecule has 2 N–H and O–H groups in total. The van der Waals surface area contributed by atoms with Gasteiger partial charge in [0, 0.05) is 30.6 Å². The fourth-order valence-electron chi connectivity index (χ4n) is 2.01. The maximum Gasteiger partial charge on any atom is 0.191 e. The lowest BCUT2D eigenvalue weighted by Gasteiger charge is -2.07. The van der Waals surface area contributed by atoms with Gasteiger partial charge in [0.15, 0.2) is 11.6 Å². The molecule has 0 amide bonds. The third kappa shape index (κ3) is 1.85. The van der Waals surface area contributed by atoms with Gasteiger partial charge < -0.3 is 5.73 Å². The molecule has 0 aliphatic rings. The van der Waals surface area contributed by atoms with E-state index in [4.69, 9.17) is 5.73 Å². The van der Waals surface area contributed by atoms with Gasteiger partial charge >= 0.3 is 0 Å². The summed E-state index contributed by atoms with van der Waals surface area (Å²) in [6, 6.07) is 7.56. The quantitative estimate of drug-likeness (QED) is 0.689. The Morgan fingerprint density at radius 3 is 2.74 bits per heavy atom. The zero-order chi connectivity index (χ0) is 13.4. The number of benzene rings is 1. The molecule has 0 radical (unpaired) electrons. The van der Waals surface area contributed by atoms with Crippen LogP contribution in [0.4, 0.5) is 5.69 Å². The molecule has 0 aliphatic heterocycles. The second kappa shape index (κ2) is 4.20. The average molecular weight is 255 g/mol. The van der Waals surface area contributed by atoms with Gasteiger partial charge in [-0.1, -0.05) is 12.1 Å². The van der Waals surface area contributed by atoms with E-state index in [2.05, 4.69) is 20.6 Å². The summed E-state index contributed by atoms with van der Waals surface area (Å²) in [5.74, 6) is 1.25. The van der Waals surface area contributed by atoms with Gasteiger partial charge in [0.25, 0.3) is 0 Å². The second-order valence-corrected chi connectivity index (χ2v) is 4.30. The van der Waals surface area contributed by atoms with Gasteiger partial charge in [-0.05, 0) is 29.0 Å². The molecule has 7 heteroatoms. The van der Waals surface area contributed by atoms with Crippen molar-refractivity contribution in [3.05, 3.63) is 36.0 Å². The summed E-state index contributed by atoms with van der Waals surface area (Å²) in [4.78, 5) is 0. The number of nitrogen functional groups attached to an aromatic ring is 1. The summed E-state index contributed by atoms with van der Waals surface area (Å²) in [5, 5.41) is 16.1. The summed E-state index contributed by atoms with van der Waals surface area (Å²) >= 11 is 0. The van der Waals surface area contributed by atoms with Crippen LogP contribution in [0.1, 0.15) is 5.56 Å². The van der Waals surface area contributed by atoms with Crippen LogP contribution >= 0.6 is 0 Å². The Labute approximate surface area is 109 Å². The number of aromatic nitrogens is 6. The summed E-state index contributed by atoms with van der Waals surface area (Å²) < 4.78 is 3.28. The lowest BCUT2D eigenvalue weighted by atomic mass is 10.1. The maximum atomic E-state index is 6.03. The molecule has 0 aliphatic carbocycles. The molecule has 7 nitrogen and oxygen atoms in total. The number of rotatable bonds is 2. The van der Waals surface area contributed by atoms with E-state index in [1.807, 2.05) is 44.4 Å². The van der Waals surface area contributed by atoms with Crippen LogP contribution in [0.2, 0.25) is 0 Å². The van der Waals surface area contributed by atoms with Crippen molar-refractivity contribution in [1.82, 2.24) is 30.0 Å². The van der Waals surface area contributed by atoms with Crippen LogP contribution < -0.4 is 5.73 Å². The number of anilines is 1. The van der Waals surface area contributed by atoms with Crippen LogP contribution in [0.3, 0.4) is 0 Å². The van der Waals surface area contributed by atoms with E-state index in [1.165, 1.54) is 0 Å². The zero-order valence-corrected chi connectivity index (χ0v) is 10.6. The highest BCUT2D eigenvalue weighted by molar-refractivity contribution is 5.75. The van der Waals surface area contributed by atoms with Crippen molar-refractivity contribution in [2.75, 3.05) is 5.73 Å². The predicted octanol–water partition coefficient (Wildman–Crippen LogP) is 0.953. The van der Waals surface area contributed by atoms with Gasteiger partial charge in [0.05, 0.1) is 0 Å². The van der Waals surface area contributed by atoms with Gasteiger partial charge in [0.2, 0.25) is 0 Å². The number of hydrogen-bond acceptors (Lipinski definition) is 5. The molecule has 0 bridgehead atoms. The first-order valence-corrected chi connectivity index (χ1v) is 5.80. The Balaban J connectivity index is 2.20. The molecular formula is C12H13N7. The van der Waals surface area contributed by atoms with E-state index in [-0.39, 0.29) is 0 Å². The second-order valence-electron chi connectivity index (χ2n) is 4.30. The van der Waals surface area contributed by atoms with Gasteiger partial charge in [-0.25, -0.2) is 0 Å². The van der Waals surface area contributed by atoms with E-state index in [1.54, 1.807) is 9.36 Å². The van der Waals surface area contributed by atoms with Crippen LogP contribution in [0.15, 0.2) is 30.5 Å². The van der Waals surface area contributed by atoms with E-state index in [9.17, 15) is 0 Å². The first kappa shape index (κ1) is 11.4. The molecule has 2 aromatic heterocycles. The largest absolute Gasteiger partial charge is 0.398 e. The average Bonchev–Trinajstić information content (AvgIpc) is 2.97. The highest BCUT2D eigenvalue weighted by atomic mass is 15.6. The van der Waals surface area contributed by atoms with Crippen LogP contribution in [0.5, 0.6) is 0 Å². The Kier molecular flexibility index (Phi) is 2.52. The molecule has 0 fully saturated rings. The fourth-order valence-corrected chi connectivity index (χ4v) is 2.01. The van der Waals surface area contributed by atoms with Crippen LogP contribution in [-0.4, -0.2) is 30.0 Å². The molecule has 0 saturated heterocycles. The molecular weight excluding hydrogens is 242 g/mol. The summed E-state index contributed by atoms with van der Waals surface area (Å²) in [6.45, 7) is 1.98. The van der Waals surface area contributed by atoms with Crippen molar-refractivity contribution in [2.24, 2.45) is 7.05 Å². The highest BCUT2D eigenvalue weighted by Crippen LogP contribution is 2.28. The van der Waals surface area contributed by atoms with Gasteiger partial charge in [-0.2, -0.15) is 9.78 Å². The third-order valence-electron chi connectivity index (χ3n) is 2.91. The number of aryl methyl sites for hydroxylation is 2. The number of nitrogens with two attached hydrogens (primary N) is 1. The number of nitrogens with zero attached hydrogens (tertiary/aromatic N) is 6. The molecule has 0 atom stereocenters. The standard InChI is InChI=1S/C12H13N7/c1-8-4-3-5-9(13)11(8)12-14-16-17-19(12)10-6-7-18(2)15-10/h3-7H,13H2,1-2H3. The lowest BCUT2D eigenvalue weighted by Crippen LogP contribution is -2.04. The van der Waals surface area contributed by atoms with Crippen LogP contribution in [0.25, 0.3) is 17.2 Å². The molecule has 2 heterocycles. The Morgan fingerprint density at radius 1 is 1.21 bits per heavy atom. The van der Waals surface area contributed by atoms with E-state index in [0.717, 1.165) is 11.1 Å². The number of tetrazole rings is 1. The van der Waals surface area contributed by atoms with Crippen LogP contribution in [-0.2, 0) is 7.05 Å². The lowest BCUT2D eigenvalue weighted by molar-refractivity contribution is 0.715. The smallest absolute Gasteiger partial charge is 0.191 e. The monoisotopic (exact) mass is 255 g/mol. The highest BCUT2D eigenvalue weighted by Gasteiger charge is 2.16. The van der Waals surface area contributed by atoms with Crippen molar-refractivity contribution in [3.63, 3.8) is 0 Å². The van der Waals surface area contributed by atoms with E-state index < -0.39 is 0 Å². The molecule has 1 aromatic carbocycles. The fraction of sp³-hybridized carbons (Fsp3) is 0.167. The normalized spacial score (nSPS) is 10.8. The van der Waals surface area contributed by atoms with Crippen molar-refractivity contribution >= 4 is 5.69 Å². The van der Waals surface area contributed by atoms with Crippen molar-refractivity contribution in [1.29, 1.82) is 0 Å². The molecule has 19 heavy (non-hydrogen) atoms. The zero-order valence-electron chi connectivity index (χ0n) is 10.6. The minimum atomic E-state index is 0.592. The number of hydrogen-bond donors (Lipinski definition) is 1.